The largest absolute Gasteiger partial charge is 0.465 e. The molecule has 0 radical (unpaired) electrons. The van der Waals surface area contributed by atoms with E-state index in [9.17, 15) is 19.5 Å². The third-order valence-corrected chi connectivity index (χ3v) is 11.0. The number of anilines is 1. The summed E-state index contributed by atoms with van der Waals surface area (Å²) in [6.07, 6.45) is 6.01. The Labute approximate surface area is 240 Å². The molecular weight excluding hydrogens is 536 g/mol. The van der Waals surface area contributed by atoms with Crippen LogP contribution >= 0.6 is 23.4 Å². The van der Waals surface area contributed by atoms with Gasteiger partial charge in [-0.2, -0.15) is 0 Å². The van der Waals surface area contributed by atoms with Crippen LogP contribution in [0.3, 0.4) is 0 Å². The third kappa shape index (κ3) is 4.82. The molecule has 2 bridgehead atoms. The highest BCUT2D eigenvalue weighted by atomic mass is 35.5. The van der Waals surface area contributed by atoms with Gasteiger partial charge >= 0.3 is 5.97 Å². The second-order valence-corrected chi connectivity index (χ2v) is 12.7. The lowest BCUT2D eigenvalue weighted by Gasteiger charge is -2.42. The molecule has 1 spiro atoms. The highest BCUT2D eigenvalue weighted by Crippen LogP contribution is 2.69. The monoisotopic (exact) mass is 574 g/mol. The maximum atomic E-state index is 14.7. The predicted octanol–water partition coefficient (Wildman–Crippen LogP) is 4.78. The van der Waals surface area contributed by atoms with Gasteiger partial charge in [-0.15, -0.1) is 24.9 Å². The molecule has 3 unspecified atom stereocenters. The molecule has 2 amide bonds. The normalized spacial score (nSPS) is 29.7. The number of carbonyl (C=O) groups is 3. The summed E-state index contributed by atoms with van der Waals surface area (Å²) >= 11 is 8.22. The van der Waals surface area contributed by atoms with E-state index < -0.39 is 28.7 Å². The van der Waals surface area contributed by atoms with Crippen molar-refractivity contribution in [2.24, 2.45) is 17.8 Å². The summed E-state index contributed by atoms with van der Waals surface area (Å²) in [5, 5.41) is 10.6. The van der Waals surface area contributed by atoms with Gasteiger partial charge in [0.2, 0.25) is 5.91 Å². The number of nitrogens with zero attached hydrogens (tertiary/aromatic N) is 2. The predicted molar refractivity (Wildman–Crippen MR) is 156 cm³/mol. The quantitative estimate of drug-likeness (QED) is 0.219. The number of aryl methyl sites for hydroxylation is 1. The summed E-state index contributed by atoms with van der Waals surface area (Å²) in [4.78, 5) is 45.6. The van der Waals surface area contributed by atoms with E-state index in [2.05, 4.69) is 20.1 Å². The SMILES string of the molecule is C=CCCCOC(=O)[C@@H]1[C@@H]2CC(C)C3(S2)C(C(=O)N(CC=C)c2c(C)cccc2Cl)N([C@@H](CC)CO)C(=O)[C@H]13. The van der Waals surface area contributed by atoms with E-state index in [-0.39, 0.29) is 48.7 Å². The fourth-order valence-corrected chi connectivity index (χ4v) is 9.56. The molecule has 3 saturated heterocycles. The summed E-state index contributed by atoms with van der Waals surface area (Å²) in [5.41, 5.74) is 1.41. The number of rotatable bonds is 12. The molecule has 4 rings (SSSR count). The summed E-state index contributed by atoms with van der Waals surface area (Å²) in [6, 6.07) is 4.04. The number of likely N-dealkylation sites (tertiary alicyclic amines) is 1. The lowest BCUT2D eigenvalue weighted by atomic mass is 9.66. The highest BCUT2D eigenvalue weighted by Gasteiger charge is 2.77. The van der Waals surface area contributed by atoms with E-state index in [1.165, 1.54) is 0 Å². The van der Waals surface area contributed by atoms with Crippen molar-refractivity contribution in [2.45, 2.75) is 68.5 Å². The maximum absolute atomic E-state index is 14.7. The number of allylic oxidation sites excluding steroid dienone is 1. The zero-order valence-electron chi connectivity index (χ0n) is 23.0. The number of thioether (sulfide) groups is 1. The van der Waals surface area contributed by atoms with E-state index in [1.807, 2.05) is 26.0 Å². The van der Waals surface area contributed by atoms with E-state index in [0.29, 0.717) is 30.0 Å². The van der Waals surface area contributed by atoms with Crippen LogP contribution in [-0.4, -0.2) is 69.6 Å². The van der Waals surface area contributed by atoms with Crippen LogP contribution in [-0.2, 0) is 19.1 Å². The van der Waals surface area contributed by atoms with Crippen molar-refractivity contribution < 1.29 is 24.2 Å². The van der Waals surface area contributed by atoms with Crippen molar-refractivity contribution in [1.82, 2.24) is 4.90 Å². The number of amides is 2. The van der Waals surface area contributed by atoms with Crippen LogP contribution in [0.2, 0.25) is 5.02 Å². The first-order valence-corrected chi connectivity index (χ1v) is 15.0. The van der Waals surface area contributed by atoms with Gasteiger partial charge in [0.25, 0.3) is 5.91 Å². The number of unbranched alkanes of at least 4 members (excludes halogenated alkanes) is 1. The number of aliphatic hydroxyl groups excluding tert-OH is 1. The van der Waals surface area contributed by atoms with Gasteiger partial charge in [-0.3, -0.25) is 14.4 Å². The molecule has 39 heavy (non-hydrogen) atoms. The number of esters is 1. The van der Waals surface area contributed by atoms with Crippen LogP contribution in [0.15, 0.2) is 43.5 Å². The molecule has 0 aliphatic carbocycles. The van der Waals surface area contributed by atoms with Crippen LogP contribution in [0.4, 0.5) is 5.69 Å². The molecule has 0 saturated carbocycles. The fourth-order valence-electron chi connectivity index (χ4n) is 6.84. The molecule has 212 valence electrons. The number of aliphatic hydroxyl groups is 1. The Hall–Kier alpha value is -2.29. The summed E-state index contributed by atoms with van der Waals surface area (Å²) in [5.74, 6) is -2.23. The fraction of sp³-hybridized carbons (Fsp3) is 0.567. The van der Waals surface area contributed by atoms with Gasteiger partial charge in [0.05, 0.1) is 46.5 Å². The van der Waals surface area contributed by atoms with Crippen molar-refractivity contribution in [1.29, 1.82) is 0 Å². The minimum Gasteiger partial charge on any atom is -0.465 e. The van der Waals surface area contributed by atoms with Crippen molar-refractivity contribution >= 4 is 46.8 Å². The zero-order chi connectivity index (χ0) is 28.5. The van der Waals surface area contributed by atoms with Crippen LogP contribution in [0, 0.1) is 24.7 Å². The second-order valence-electron chi connectivity index (χ2n) is 10.8. The van der Waals surface area contributed by atoms with Gasteiger partial charge in [-0.05, 0) is 50.2 Å². The number of carbonyl (C=O) groups excluding carboxylic acids is 3. The Morgan fingerprint density at radius 1 is 1.36 bits per heavy atom. The zero-order valence-corrected chi connectivity index (χ0v) is 24.5. The molecule has 3 aliphatic rings. The third-order valence-electron chi connectivity index (χ3n) is 8.60. The van der Waals surface area contributed by atoms with E-state index in [4.69, 9.17) is 16.3 Å². The van der Waals surface area contributed by atoms with Crippen LogP contribution < -0.4 is 4.90 Å². The van der Waals surface area contributed by atoms with Gasteiger partial charge in [-0.1, -0.05) is 49.7 Å². The number of para-hydroxylation sites is 1. The Bertz CT molecular complexity index is 1120. The van der Waals surface area contributed by atoms with Crippen molar-refractivity contribution in [3.05, 3.63) is 54.1 Å². The topological polar surface area (TPSA) is 87.2 Å². The standard InChI is InChI=1S/C30H39ClN2O5S/c1-6-9-10-15-38-29(37)23-22-16-19(5)30(39-22)24(23)27(35)33(20(8-3)17-34)26(30)28(36)32(14-7-2)25-18(4)12-11-13-21(25)31/h6-7,11-13,19-20,22-24,26,34H,1-2,8-10,14-17H2,3-5H3/t19?,20-,22-,23+,24-,26?,30?/m0/s1. The summed E-state index contributed by atoms with van der Waals surface area (Å²) < 4.78 is 4.84. The van der Waals surface area contributed by atoms with Crippen molar-refractivity contribution in [2.75, 3.05) is 24.7 Å². The molecule has 3 heterocycles. The first-order chi connectivity index (χ1) is 18.7. The molecule has 7 atom stereocenters. The molecule has 0 aromatic heterocycles. The van der Waals surface area contributed by atoms with Gasteiger partial charge in [0.15, 0.2) is 0 Å². The van der Waals surface area contributed by atoms with E-state index >= 15 is 0 Å². The average Bonchev–Trinajstić information content (AvgIpc) is 3.50. The Balaban J connectivity index is 1.80. The molecule has 1 aromatic rings. The highest BCUT2D eigenvalue weighted by molar-refractivity contribution is 8.02. The Morgan fingerprint density at radius 2 is 2.10 bits per heavy atom. The van der Waals surface area contributed by atoms with Crippen molar-refractivity contribution in [3.63, 3.8) is 0 Å². The molecule has 3 fully saturated rings. The number of halogens is 1. The first-order valence-electron chi connectivity index (χ1n) is 13.7. The smallest absolute Gasteiger partial charge is 0.310 e. The molecule has 9 heteroatoms. The number of ether oxygens (including phenoxy) is 1. The minimum absolute atomic E-state index is 0.000613. The summed E-state index contributed by atoms with van der Waals surface area (Å²) in [7, 11) is 0. The Morgan fingerprint density at radius 3 is 2.72 bits per heavy atom. The molecule has 1 aromatic carbocycles. The minimum atomic E-state index is -0.869. The average molecular weight is 575 g/mol. The van der Waals surface area contributed by atoms with Crippen molar-refractivity contribution in [3.8, 4) is 0 Å². The number of hydrogen-bond donors (Lipinski definition) is 1. The maximum Gasteiger partial charge on any atom is 0.310 e. The van der Waals surface area contributed by atoms with Crippen LogP contribution in [0.1, 0.15) is 45.1 Å². The molecule has 3 aliphatic heterocycles. The lowest BCUT2D eigenvalue weighted by Crippen LogP contribution is -2.59. The second kappa shape index (κ2) is 12.1. The molecule has 7 nitrogen and oxygen atoms in total. The lowest BCUT2D eigenvalue weighted by molar-refractivity contribution is -0.155. The van der Waals surface area contributed by atoms with Gasteiger partial charge in [0.1, 0.15) is 6.04 Å². The van der Waals surface area contributed by atoms with Gasteiger partial charge in [-0.25, -0.2) is 0 Å². The van der Waals surface area contributed by atoms with E-state index in [1.54, 1.807) is 39.8 Å². The Kier molecular flexibility index (Phi) is 9.19. The van der Waals surface area contributed by atoms with Crippen LogP contribution in [0.5, 0.6) is 0 Å². The number of benzene rings is 1. The molecular formula is C30H39ClN2O5S. The van der Waals surface area contributed by atoms with Crippen LogP contribution in [0.25, 0.3) is 0 Å². The van der Waals surface area contributed by atoms with Gasteiger partial charge < -0.3 is 19.6 Å². The summed E-state index contributed by atoms with van der Waals surface area (Å²) in [6.45, 7) is 13.6. The van der Waals surface area contributed by atoms with E-state index in [0.717, 1.165) is 12.0 Å². The molecule has 1 N–H and O–H groups in total. The van der Waals surface area contributed by atoms with Gasteiger partial charge in [0, 0.05) is 11.8 Å². The number of hydrogen-bond acceptors (Lipinski definition) is 6. The number of fused-ring (bicyclic) bond motifs is 1. The first kappa shape index (κ1) is 29.7.